The molecule has 0 heterocycles. The lowest BCUT2D eigenvalue weighted by atomic mass is 9.93. The second-order valence-electron chi connectivity index (χ2n) is 4.96. The molecule has 0 unspecified atom stereocenters. The predicted octanol–water partition coefficient (Wildman–Crippen LogP) is 3.59. The Labute approximate surface area is 102 Å². The number of phenols is 1. The van der Waals surface area contributed by atoms with E-state index in [4.69, 9.17) is 5.73 Å². The molecule has 1 atom stereocenters. The number of hydrogen-bond donors (Lipinski definition) is 2. The summed E-state index contributed by atoms with van der Waals surface area (Å²) >= 11 is 0. The molecule has 0 bridgehead atoms. The van der Waals surface area contributed by atoms with Gasteiger partial charge in [0.1, 0.15) is 5.75 Å². The fraction of sp³-hybridized carbons (Fsp3) is 0.333. The van der Waals surface area contributed by atoms with Crippen LogP contribution in [0, 0.1) is 5.92 Å². The summed E-state index contributed by atoms with van der Waals surface area (Å²) in [5.74, 6) is 0.820. The Morgan fingerprint density at radius 1 is 1.12 bits per heavy atom. The first-order valence-electron chi connectivity index (χ1n) is 6.05. The smallest absolute Gasteiger partial charge is 0.120 e. The molecule has 0 aliphatic carbocycles. The first-order chi connectivity index (χ1) is 8.09. The summed E-state index contributed by atoms with van der Waals surface area (Å²) in [7, 11) is 0. The molecule has 0 amide bonds. The minimum absolute atomic E-state index is 0.110. The first-order valence-corrected chi connectivity index (χ1v) is 6.05. The van der Waals surface area contributed by atoms with E-state index in [-0.39, 0.29) is 6.04 Å². The van der Waals surface area contributed by atoms with Gasteiger partial charge in [-0.25, -0.2) is 0 Å². The molecule has 0 saturated heterocycles. The van der Waals surface area contributed by atoms with Crippen LogP contribution in [0.2, 0.25) is 0 Å². The van der Waals surface area contributed by atoms with E-state index in [1.807, 2.05) is 30.3 Å². The first kappa shape index (κ1) is 11.9. The van der Waals surface area contributed by atoms with Crippen molar-refractivity contribution < 1.29 is 5.11 Å². The largest absolute Gasteiger partial charge is 0.508 e. The molecule has 0 aliphatic heterocycles. The van der Waals surface area contributed by atoms with Gasteiger partial charge in [-0.3, -0.25) is 0 Å². The molecule has 0 aliphatic rings. The maximum atomic E-state index is 10.0. The van der Waals surface area contributed by atoms with Crippen molar-refractivity contribution in [3.8, 4) is 5.75 Å². The summed E-state index contributed by atoms with van der Waals surface area (Å²) in [5.41, 5.74) is 7.07. The Hall–Kier alpha value is -1.54. The van der Waals surface area contributed by atoms with Crippen molar-refractivity contribution in [2.75, 3.05) is 0 Å². The van der Waals surface area contributed by atoms with Gasteiger partial charge in [0.15, 0.2) is 0 Å². The van der Waals surface area contributed by atoms with E-state index in [0.717, 1.165) is 22.8 Å². The lowest BCUT2D eigenvalue weighted by molar-refractivity contribution is 0.447. The van der Waals surface area contributed by atoms with Crippen molar-refractivity contribution in [1.82, 2.24) is 0 Å². The van der Waals surface area contributed by atoms with E-state index < -0.39 is 0 Å². The second-order valence-corrected chi connectivity index (χ2v) is 4.96. The molecular formula is C15H19NO. The topological polar surface area (TPSA) is 46.2 Å². The van der Waals surface area contributed by atoms with Gasteiger partial charge < -0.3 is 10.8 Å². The van der Waals surface area contributed by atoms with Crippen LogP contribution in [0.15, 0.2) is 36.4 Å². The fourth-order valence-corrected chi connectivity index (χ4v) is 2.30. The third-order valence-corrected chi connectivity index (χ3v) is 3.04. The average molecular weight is 229 g/mol. The van der Waals surface area contributed by atoms with Gasteiger partial charge in [0.25, 0.3) is 0 Å². The standard InChI is InChI=1S/C15H19NO/c1-10(2)9-13(16)15-12-6-4-3-5-11(12)7-8-14(15)17/h3-8,10,13,17H,9,16H2,1-2H3/t13-/m0/s1. The number of rotatable bonds is 3. The van der Waals surface area contributed by atoms with Gasteiger partial charge in [0, 0.05) is 11.6 Å². The Kier molecular flexibility index (Phi) is 3.34. The van der Waals surface area contributed by atoms with Crippen LogP contribution in [-0.2, 0) is 0 Å². The molecule has 3 N–H and O–H groups in total. The van der Waals surface area contributed by atoms with Crippen LogP contribution in [-0.4, -0.2) is 5.11 Å². The Morgan fingerprint density at radius 2 is 1.82 bits per heavy atom. The summed E-state index contributed by atoms with van der Waals surface area (Å²) in [6.45, 7) is 4.28. The Bertz CT molecular complexity index is 519. The van der Waals surface area contributed by atoms with Gasteiger partial charge in [-0.05, 0) is 29.2 Å². The van der Waals surface area contributed by atoms with Gasteiger partial charge >= 0.3 is 0 Å². The molecule has 0 radical (unpaired) electrons. The molecule has 90 valence electrons. The van der Waals surface area contributed by atoms with Crippen molar-refractivity contribution in [1.29, 1.82) is 0 Å². The molecular weight excluding hydrogens is 210 g/mol. The van der Waals surface area contributed by atoms with Crippen molar-refractivity contribution in [2.45, 2.75) is 26.3 Å². The quantitative estimate of drug-likeness (QED) is 0.844. The number of phenolic OH excluding ortho intramolecular Hbond substituents is 1. The van der Waals surface area contributed by atoms with Crippen LogP contribution >= 0.6 is 0 Å². The maximum Gasteiger partial charge on any atom is 0.120 e. The van der Waals surface area contributed by atoms with E-state index in [0.29, 0.717) is 11.7 Å². The fourth-order valence-electron chi connectivity index (χ4n) is 2.30. The molecule has 17 heavy (non-hydrogen) atoms. The molecule has 0 saturated carbocycles. The summed E-state index contributed by atoms with van der Waals surface area (Å²) in [5, 5.41) is 12.2. The van der Waals surface area contributed by atoms with Crippen molar-refractivity contribution in [3.63, 3.8) is 0 Å². The van der Waals surface area contributed by atoms with E-state index in [2.05, 4.69) is 13.8 Å². The minimum Gasteiger partial charge on any atom is -0.508 e. The molecule has 2 rings (SSSR count). The van der Waals surface area contributed by atoms with Crippen LogP contribution in [0.3, 0.4) is 0 Å². The summed E-state index contributed by atoms with van der Waals surface area (Å²) in [4.78, 5) is 0. The monoisotopic (exact) mass is 229 g/mol. The van der Waals surface area contributed by atoms with Gasteiger partial charge in [0.2, 0.25) is 0 Å². The Balaban J connectivity index is 2.54. The van der Waals surface area contributed by atoms with E-state index in [9.17, 15) is 5.11 Å². The molecule has 0 fully saturated rings. The highest BCUT2D eigenvalue weighted by molar-refractivity contribution is 5.88. The van der Waals surface area contributed by atoms with Crippen molar-refractivity contribution in [2.24, 2.45) is 11.7 Å². The van der Waals surface area contributed by atoms with Crippen molar-refractivity contribution >= 4 is 10.8 Å². The zero-order valence-electron chi connectivity index (χ0n) is 10.4. The molecule has 2 heteroatoms. The van der Waals surface area contributed by atoms with Gasteiger partial charge in [-0.2, -0.15) is 0 Å². The van der Waals surface area contributed by atoms with Gasteiger partial charge in [0.05, 0.1) is 0 Å². The zero-order chi connectivity index (χ0) is 12.4. The molecule has 2 nitrogen and oxygen atoms in total. The van der Waals surface area contributed by atoms with Crippen molar-refractivity contribution in [3.05, 3.63) is 42.0 Å². The number of nitrogens with two attached hydrogens (primary N) is 1. The number of fused-ring (bicyclic) bond motifs is 1. The normalized spacial score (nSPS) is 13.2. The number of hydrogen-bond acceptors (Lipinski definition) is 2. The van der Waals surface area contributed by atoms with Gasteiger partial charge in [-0.15, -0.1) is 0 Å². The molecule has 2 aromatic carbocycles. The SMILES string of the molecule is CC(C)C[C@H](N)c1c(O)ccc2ccccc12. The van der Waals surface area contributed by atoms with Gasteiger partial charge in [-0.1, -0.05) is 44.2 Å². The highest BCUT2D eigenvalue weighted by atomic mass is 16.3. The second kappa shape index (κ2) is 4.76. The van der Waals surface area contributed by atoms with E-state index in [1.54, 1.807) is 6.07 Å². The lowest BCUT2D eigenvalue weighted by Gasteiger charge is -2.18. The highest BCUT2D eigenvalue weighted by Crippen LogP contribution is 2.33. The summed E-state index contributed by atoms with van der Waals surface area (Å²) in [6.07, 6.45) is 0.877. The van der Waals surface area contributed by atoms with Crippen LogP contribution in [0.1, 0.15) is 31.9 Å². The number of benzene rings is 2. The summed E-state index contributed by atoms with van der Waals surface area (Å²) < 4.78 is 0. The Morgan fingerprint density at radius 3 is 2.53 bits per heavy atom. The average Bonchev–Trinajstić information content (AvgIpc) is 2.27. The summed E-state index contributed by atoms with van der Waals surface area (Å²) in [6, 6.07) is 11.6. The molecule has 0 aromatic heterocycles. The predicted molar refractivity (Wildman–Crippen MR) is 72.0 cm³/mol. The van der Waals surface area contributed by atoms with E-state index >= 15 is 0 Å². The third-order valence-electron chi connectivity index (χ3n) is 3.04. The minimum atomic E-state index is -0.110. The lowest BCUT2D eigenvalue weighted by Crippen LogP contribution is -2.13. The molecule has 2 aromatic rings. The van der Waals surface area contributed by atoms with E-state index in [1.165, 1.54) is 0 Å². The zero-order valence-corrected chi connectivity index (χ0v) is 10.4. The molecule has 0 spiro atoms. The van der Waals surface area contributed by atoms with Crippen LogP contribution in [0.4, 0.5) is 0 Å². The highest BCUT2D eigenvalue weighted by Gasteiger charge is 2.15. The number of aromatic hydroxyl groups is 1. The van der Waals surface area contributed by atoms with Crippen LogP contribution in [0.25, 0.3) is 10.8 Å². The van der Waals surface area contributed by atoms with Crippen LogP contribution < -0.4 is 5.73 Å². The van der Waals surface area contributed by atoms with Crippen LogP contribution in [0.5, 0.6) is 5.75 Å². The maximum absolute atomic E-state index is 10.0. The third kappa shape index (κ3) is 2.42.